The molecular weight excluding hydrogens is 410 g/mol. The summed E-state index contributed by atoms with van der Waals surface area (Å²) in [5.74, 6) is 0.489. The molecule has 0 aromatic carbocycles. The maximum Gasteiger partial charge on any atom is 0.274 e. The van der Waals surface area contributed by atoms with Crippen molar-refractivity contribution in [3.05, 3.63) is 83.0 Å². The lowest BCUT2D eigenvalue weighted by Crippen LogP contribution is -2.17. The van der Waals surface area contributed by atoms with Crippen LogP contribution in [0.15, 0.2) is 58.9 Å². The van der Waals surface area contributed by atoms with Crippen LogP contribution < -0.4 is 5.32 Å². The van der Waals surface area contributed by atoms with E-state index in [4.69, 9.17) is 4.42 Å². The van der Waals surface area contributed by atoms with Crippen molar-refractivity contribution in [2.24, 2.45) is 0 Å². The molecule has 158 valence electrons. The zero-order valence-electron chi connectivity index (χ0n) is 17.6. The average Bonchev–Trinajstić information content (AvgIpc) is 3.47. The van der Waals surface area contributed by atoms with Gasteiger partial charge in [-0.3, -0.25) is 15.1 Å². The molecule has 4 aromatic rings. The number of nitrogens with one attached hydrogen (secondary N) is 1. The molecule has 0 aliphatic heterocycles. The van der Waals surface area contributed by atoms with Crippen molar-refractivity contribution in [3.8, 4) is 0 Å². The molecule has 0 saturated heterocycles. The van der Waals surface area contributed by atoms with Crippen LogP contribution in [0.5, 0.6) is 0 Å². The van der Waals surface area contributed by atoms with Crippen molar-refractivity contribution in [3.63, 3.8) is 0 Å². The van der Waals surface area contributed by atoms with Crippen molar-refractivity contribution in [2.75, 3.05) is 5.32 Å². The van der Waals surface area contributed by atoms with Crippen LogP contribution in [-0.4, -0.2) is 25.4 Å². The number of hydrogen-bond donors (Lipinski definition) is 1. The number of carbonyl (C=O) groups is 1. The van der Waals surface area contributed by atoms with Crippen LogP contribution in [0, 0.1) is 0 Å². The summed E-state index contributed by atoms with van der Waals surface area (Å²) >= 11 is 1.37. The molecule has 1 amide bonds. The van der Waals surface area contributed by atoms with E-state index >= 15 is 0 Å². The van der Waals surface area contributed by atoms with Gasteiger partial charge in [0.2, 0.25) is 0 Å². The Balaban J connectivity index is 1.41. The van der Waals surface area contributed by atoms with Crippen LogP contribution in [0.2, 0.25) is 0 Å². The summed E-state index contributed by atoms with van der Waals surface area (Å²) in [5.41, 5.74) is 2.98. The normalized spacial score (nSPS) is 11.8. The Bertz CT molecular complexity index is 1200. The second-order valence-electron chi connectivity index (χ2n) is 8.07. The number of thiazole rings is 1. The summed E-state index contributed by atoms with van der Waals surface area (Å²) in [6, 6.07) is 7.51. The van der Waals surface area contributed by atoms with Crippen LogP contribution in [-0.2, 0) is 12.0 Å². The molecular formula is C23H23N5O2S. The maximum absolute atomic E-state index is 12.8. The minimum atomic E-state index is -0.199. The van der Waals surface area contributed by atoms with E-state index < -0.39 is 0 Å². The topological polar surface area (TPSA) is 85.8 Å². The van der Waals surface area contributed by atoms with E-state index in [2.05, 4.69) is 41.0 Å². The molecule has 0 spiro atoms. The highest BCUT2D eigenvalue weighted by atomic mass is 32.1. The lowest BCUT2D eigenvalue weighted by atomic mass is 9.97. The summed E-state index contributed by atoms with van der Waals surface area (Å²) < 4.78 is 7.43. The lowest BCUT2D eigenvalue weighted by molar-refractivity contribution is 0.101. The third-order valence-electron chi connectivity index (χ3n) is 4.50. The van der Waals surface area contributed by atoms with Gasteiger partial charge >= 0.3 is 0 Å². The van der Waals surface area contributed by atoms with Crippen LogP contribution in [0.3, 0.4) is 0 Å². The van der Waals surface area contributed by atoms with Gasteiger partial charge in [-0.2, -0.15) is 0 Å². The van der Waals surface area contributed by atoms with Gasteiger partial charge in [0.1, 0.15) is 17.7 Å². The van der Waals surface area contributed by atoms with E-state index in [-0.39, 0.29) is 11.3 Å². The monoisotopic (exact) mass is 433 g/mol. The fraction of sp³-hybridized carbons (Fsp3) is 0.217. The predicted molar refractivity (Wildman–Crippen MR) is 122 cm³/mol. The first kappa shape index (κ1) is 20.7. The molecule has 8 heteroatoms. The molecule has 0 bridgehead atoms. The third kappa shape index (κ3) is 5.16. The van der Waals surface area contributed by atoms with Crippen molar-refractivity contribution < 1.29 is 9.21 Å². The van der Waals surface area contributed by atoms with Gasteiger partial charge in [-0.25, -0.2) is 9.97 Å². The Hall–Kier alpha value is -3.52. The van der Waals surface area contributed by atoms with E-state index in [0.29, 0.717) is 23.3 Å². The molecule has 0 saturated carbocycles. The van der Waals surface area contributed by atoms with Crippen LogP contribution >= 0.6 is 11.3 Å². The summed E-state index contributed by atoms with van der Waals surface area (Å²) in [4.78, 5) is 25.7. The van der Waals surface area contributed by atoms with Gasteiger partial charge in [0.25, 0.3) is 5.91 Å². The molecule has 4 aromatic heterocycles. The number of anilines is 1. The van der Waals surface area contributed by atoms with Crippen molar-refractivity contribution in [1.82, 2.24) is 19.5 Å². The molecule has 0 aliphatic rings. The molecule has 7 nitrogen and oxygen atoms in total. The minimum absolute atomic E-state index is 0.140. The molecule has 4 heterocycles. The van der Waals surface area contributed by atoms with Crippen LogP contribution in [0.4, 0.5) is 5.13 Å². The summed E-state index contributed by atoms with van der Waals surface area (Å²) in [5, 5.41) is 5.30. The number of hydrogen-bond acceptors (Lipinski definition) is 6. The highest BCUT2D eigenvalue weighted by molar-refractivity contribution is 7.14. The second kappa shape index (κ2) is 8.69. The number of aromatic nitrogens is 4. The Morgan fingerprint density at radius 3 is 2.68 bits per heavy atom. The Morgan fingerprint density at radius 1 is 1.16 bits per heavy atom. The Labute approximate surface area is 184 Å². The molecule has 0 fully saturated rings. The van der Waals surface area contributed by atoms with E-state index in [1.807, 2.05) is 46.5 Å². The highest BCUT2D eigenvalue weighted by Crippen LogP contribution is 2.22. The fourth-order valence-corrected chi connectivity index (χ4v) is 3.58. The molecule has 0 atom stereocenters. The first-order valence-corrected chi connectivity index (χ1v) is 10.7. The quantitative estimate of drug-likeness (QED) is 0.457. The number of oxazole rings is 1. The zero-order chi connectivity index (χ0) is 21.8. The average molecular weight is 434 g/mol. The summed E-state index contributed by atoms with van der Waals surface area (Å²) in [6.07, 6.45) is 10.7. The van der Waals surface area contributed by atoms with E-state index in [9.17, 15) is 4.79 Å². The largest absolute Gasteiger partial charge is 0.448 e. The third-order valence-corrected chi connectivity index (χ3v) is 5.27. The number of amides is 1. The smallest absolute Gasteiger partial charge is 0.274 e. The van der Waals surface area contributed by atoms with Gasteiger partial charge in [-0.1, -0.05) is 20.8 Å². The van der Waals surface area contributed by atoms with Crippen molar-refractivity contribution >= 4 is 34.5 Å². The van der Waals surface area contributed by atoms with Gasteiger partial charge in [0.15, 0.2) is 11.0 Å². The van der Waals surface area contributed by atoms with Gasteiger partial charge < -0.3 is 8.98 Å². The molecule has 0 unspecified atom stereocenters. The molecule has 31 heavy (non-hydrogen) atoms. The minimum Gasteiger partial charge on any atom is -0.448 e. The van der Waals surface area contributed by atoms with Gasteiger partial charge in [-0.15, -0.1) is 11.3 Å². The second-order valence-corrected chi connectivity index (χ2v) is 8.93. The first-order chi connectivity index (χ1) is 14.9. The van der Waals surface area contributed by atoms with Crippen molar-refractivity contribution in [1.29, 1.82) is 0 Å². The number of pyridine rings is 1. The standard InChI is InChI=1S/C23H23N5O2S/c1-23(2,3)21-25-17(14-30-21)6-7-18-15-31-22(26-18)27-20(29)19-5-4-12-28(19)13-16-8-10-24-11-9-16/h4-12,14-15H,13H2,1-3H3,(H,26,27,29). The van der Waals surface area contributed by atoms with Crippen molar-refractivity contribution in [2.45, 2.75) is 32.7 Å². The van der Waals surface area contributed by atoms with E-state index in [1.165, 1.54) is 11.3 Å². The Morgan fingerprint density at radius 2 is 1.94 bits per heavy atom. The van der Waals surface area contributed by atoms with Gasteiger partial charge in [0.05, 0.1) is 5.69 Å². The summed E-state index contributed by atoms with van der Waals surface area (Å²) in [7, 11) is 0. The fourth-order valence-electron chi connectivity index (χ4n) is 2.90. The lowest BCUT2D eigenvalue weighted by Gasteiger charge is -2.11. The number of nitrogens with zero attached hydrogens (tertiary/aromatic N) is 4. The summed E-state index contributed by atoms with van der Waals surface area (Å²) in [6.45, 7) is 6.75. The molecule has 0 radical (unpaired) electrons. The molecule has 0 aliphatic carbocycles. The molecule has 1 N–H and O–H groups in total. The van der Waals surface area contributed by atoms with E-state index in [1.54, 1.807) is 24.7 Å². The first-order valence-electron chi connectivity index (χ1n) is 9.83. The van der Waals surface area contributed by atoms with E-state index in [0.717, 1.165) is 17.0 Å². The predicted octanol–water partition coefficient (Wildman–Crippen LogP) is 5.10. The highest BCUT2D eigenvalue weighted by Gasteiger charge is 2.19. The number of rotatable bonds is 6. The van der Waals surface area contributed by atoms with Crippen LogP contribution in [0.1, 0.15) is 54.1 Å². The number of carbonyl (C=O) groups excluding carboxylic acids is 1. The zero-order valence-corrected chi connectivity index (χ0v) is 18.4. The molecule has 4 rings (SSSR count). The Kier molecular flexibility index (Phi) is 5.81. The van der Waals surface area contributed by atoms with Gasteiger partial charge in [0, 0.05) is 35.9 Å². The SMILES string of the molecule is CC(C)(C)c1nc(C=Cc2csc(NC(=O)c3cccn3Cc3ccncc3)n2)co1. The van der Waals surface area contributed by atoms with Gasteiger partial charge in [-0.05, 0) is 42.0 Å². The van der Waals surface area contributed by atoms with Crippen LogP contribution in [0.25, 0.3) is 12.2 Å². The maximum atomic E-state index is 12.8.